The van der Waals surface area contributed by atoms with Crippen LogP contribution in [0.25, 0.3) is 0 Å². The second-order valence-electron chi connectivity index (χ2n) is 13.2. The first-order valence-corrected chi connectivity index (χ1v) is 15.5. The zero-order valence-electron chi connectivity index (χ0n) is 24.6. The molecule has 8 nitrogen and oxygen atoms in total. The van der Waals surface area contributed by atoms with Gasteiger partial charge in [0.1, 0.15) is 12.3 Å². The molecule has 0 spiro atoms. The van der Waals surface area contributed by atoms with Crippen LogP contribution in [0.4, 0.5) is 11.4 Å². The first kappa shape index (κ1) is 25.6. The summed E-state index contributed by atoms with van der Waals surface area (Å²) in [6.07, 6.45) is -0.126. The maximum absolute atomic E-state index is 13.9. The van der Waals surface area contributed by atoms with Crippen LogP contribution in [0.1, 0.15) is 46.7 Å². The van der Waals surface area contributed by atoms with E-state index in [-0.39, 0.29) is 59.8 Å². The number of carbonyl (C=O) groups is 2. The van der Waals surface area contributed by atoms with E-state index in [9.17, 15) is 9.59 Å². The maximum Gasteiger partial charge on any atom is 0.253 e. The van der Waals surface area contributed by atoms with Crippen molar-refractivity contribution in [2.75, 3.05) is 30.5 Å². The molecule has 0 aromatic heterocycles. The van der Waals surface area contributed by atoms with Crippen LogP contribution in [-0.4, -0.2) is 73.6 Å². The van der Waals surface area contributed by atoms with E-state index in [1.54, 1.807) is 7.11 Å². The molecule has 3 saturated heterocycles. The molecule has 8 heteroatoms. The quantitative estimate of drug-likeness (QED) is 0.510. The van der Waals surface area contributed by atoms with Crippen molar-refractivity contribution >= 4 is 23.2 Å². The number of carbonyl (C=O) groups excluding carboxylic acids is 2. The minimum absolute atomic E-state index is 0.0297. The molecule has 5 aliphatic heterocycles. The van der Waals surface area contributed by atoms with Gasteiger partial charge in [0, 0.05) is 55.9 Å². The molecule has 1 aliphatic carbocycles. The molecule has 6 aliphatic rings. The Bertz CT molecular complexity index is 1650. The van der Waals surface area contributed by atoms with E-state index < -0.39 is 11.8 Å². The summed E-state index contributed by atoms with van der Waals surface area (Å²) in [5.74, 6) is 0.430. The molecule has 43 heavy (non-hydrogen) atoms. The summed E-state index contributed by atoms with van der Waals surface area (Å²) in [6.45, 7) is 2.84. The van der Waals surface area contributed by atoms with Gasteiger partial charge < -0.3 is 29.5 Å². The van der Waals surface area contributed by atoms with Crippen LogP contribution >= 0.6 is 0 Å². The van der Waals surface area contributed by atoms with Gasteiger partial charge in [0.15, 0.2) is 5.72 Å². The van der Waals surface area contributed by atoms with Crippen LogP contribution in [-0.2, 0) is 14.3 Å². The third-order valence-corrected chi connectivity index (χ3v) is 11.5. The second kappa shape index (κ2) is 8.83. The van der Waals surface area contributed by atoms with E-state index >= 15 is 0 Å². The lowest BCUT2D eigenvalue weighted by Crippen LogP contribution is -2.70. The number of methoxy groups -OCH3 is 1. The molecule has 2 amide bonds. The number of para-hydroxylation sites is 2. The van der Waals surface area contributed by atoms with Crippen molar-refractivity contribution in [1.29, 1.82) is 0 Å². The van der Waals surface area contributed by atoms with Gasteiger partial charge in [-0.3, -0.25) is 9.59 Å². The van der Waals surface area contributed by atoms with E-state index in [4.69, 9.17) is 9.47 Å². The number of amides is 2. The number of benzene rings is 3. The number of fused-ring (bicyclic) bond motifs is 13. The van der Waals surface area contributed by atoms with Crippen LogP contribution in [0.3, 0.4) is 0 Å². The topological polar surface area (TPSA) is 74.3 Å². The highest BCUT2D eigenvalue weighted by atomic mass is 16.6. The van der Waals surface area contributed by atoms with Crippen LogP contribution in [0.5, 0.6) is 0 Å². The highest BCUT2D eigenvalue weighted by molar-refractivity contribution is 5.94. The number of nitrogens with one attached hydrogen (secondary N) is 1. The molecule has 1 saturated carbocycles. The summed E-state index contributed by atoms with van der Waals surface area (Å²) >= 11 is 0. The summed E-state index contributed by atoms with van der Waals surface area (Å²) in [7, 11) is 3.64. The molecule has 6 unspecified atom stereocenters. The molecule has 3 aromatic carbocycles. The van der Waals surface area contributed by atoms with Gasteiger partial charge in [-0.1, -0.05) is 54.6 Å². The number of hydrogen-bond donors (Lipinski definition) is 1. The lowest BCUT2D eigenvalue weighted by Gasteiger charge is -2.54. The van der Waals surface area contributed by atoms with Gasteiger partial charge in [-0.05, 0) is 48.2 Å². The number of ether oxygens (including phenoxy) is 2. The molecule has 1 N–H and O–H groups in total. The van der Waals surface area contributed by atoms with Gasteiger partial charge in [-0.25, -0.2) is 0 Å². The standard InChI is InChI=1S/C35H36N4O4/c1-35-32(42-3)25(37(2)34(41)19-11-5-4-6-12-19)17-26(43-35)38-23-15-9-7-13-20(23)28-29-22(18-36-33(29)40)27-21-14-8-10-16-24(21)39(35)31(27)30(28)38/h4-16,22,25-32H,17-18H2,1-3H3,(H,36,40)/t22?,25-,26-,27?,28?,29?,30?,31?,32-,35+/m1/s1. The zero-order chi connectivity index (χ0) is 29.2. The van der Waals surface area contributed by atoms with E-state index in [2.05, 4.69) is 70.6 Å². The number of rotatable bonds is 3. The van der Waals surface area contributed by atoms with Crippen molar-refractivity contribution < 1.29 is 19.1 Å². The molecular weight excluding hydrogens is 540 g/mol. The fourth-order valence-electron chi connectivity index (χ4n) is 10.1. The van der Waals surface area contributed by atoms with Crippen LogP contribution < -0.4 is 15.1 Å². The Morgan fingerprint density at radius 3 is 2.35 bits per heavy atom. The first-order valence-electron chi connectivity index (χ1n) is 15.5. The van der Waals surface area contributed by atoms with Gasteiger partial charge in [0.05, 0.1) is 24.0 Å². The van der Waals surface area contributed by atoms with Crippen LogP contribution in [0.15, 0.2) is 78.9 Å². The molecule has 2 bridgehead atoms. The monoisotopic (exact) mass is 576 g/mol. The van der Waals surface area contributed by atoms with Crippen LogP contribution in [0.2, 0.25) is 0 Å². The number of likely N-dealkylation sites (N-methyl/N-ethyl adjacent to an activating group) is 1. The van der Waals surface area contributed by atoms with E-state index in [1.165, 1.54) is 11.1 Å². The van der Waals surface area contributed by atoms with Gasteiger partial charge in [0.2, 0.25) is 5.91 Å². The predicted molar refractivity (Wildman–Crippen MR) is 162 cm³/mol. The van der Waals surface area contributed by atoms with Gasteiger partial charge in [-0.15, -0.1) is 0 Å². The Labute approximate surface area is 251 Å². The lowest BCUT2D eigenvalue weighted by atomic mass is 9.61. The van der Waals surface area contributed by atoms with Gasteiger partial charge in [0.25, 0.3) is 5.91 Å². The first-order chi connectivity index (χ1) is 20.9. The third kappa shape index (κ3) is 3.13. The SMILES string of the molecule is CO[C@@H]1[C@H](N(C)C(=O)c2ccccc2)C[C@H]2O[C@]1(C)N1c3ccccc3C3C4CNC(=O)C4C4c5ccccc5N2C4C31. The van der Waals surface area contributed by atoms with Crippen molar-refractivity contribution in [1.82, 2.24) is 10.2 Å². The van der Waals surface area contributed by atoms with E-state index in [0.717, 1.165) is 11.4 Å². The van der Waals surface area contributed by atoms with Crippen molar-refractivity contribution in [2.24, 2.45) is 11.8 Å². The number of nitrogens with zero attached hydrogens (tertiary/aromatic N) is 3. The van der Waals surface area contributed by atoms with Crippen molar-refractivity contribution in [3.8, 4) is 0 Å². The largest absolute Gasteiger partial charge is 0.374 e. The third-order valence-electron chi connectivity index (χ3n) is 11.5. The zero-order valence-corrected chi connectivity index (χ0v) is 24.6. The summed E-state index contributed by atoms with van der Waals surface area (Å²) in [4.78, 5) is 34.4. The molecule has 4 fully saturated rings. The van der Waals surface area contributed by atoms with Crippen LogP contribution in [0, 0.1) is 11.8 Å². The minimum atomic E-state index is -0.865. The lowest BCUT2D eigenvalue weighted by molar-refractivity contribution is -0.206. The Balaban J connectivity index is 1.26. The summed E-state index contributed by atoms with van der Waals surface area (Å²) in [6, 6.07) is 26.6. The van der Waals surface area contributed by atoms with E-state index in [0.29, 0.717) is 18.5 Å². The Morgan fingerprint density at radius 1 is 0.930 bits per heavy atom. The molecule has 10 atom stereocenters. The molecule has 3 aromatic rings. The Hall–Kier alpha value is -3.88. The average Bonchev–Trinajstić information content (AvgIpc) is 3.68. The molecule has 0 radical (unpaired) electrons. The molecule has 9 rings (SSSR count). The van der Waals surface area contributed by atoms with Crippen molar-refractivity contribution in [2.45, 2.75) is 61.4 Å². The molecule has 5 heterocycles. The predicted octanol–water partition coefficient (Wildman–Crippen LogP) is 3.94. The minimum Gasteiger partial charge on any atom is -0.374 e. The van der Waals surface area contributed by atoms with E-state index in [1.807, 2.05) is 42.3 Å². The Kier molecular flexibility index (Phi) is 5.26. The number of hydrogen-bond acceptors (Lipinski definition) is 6. The smallest absolute Gasteiger partial charge is 0.253 e. The van der Waals surface area contributed by atoms with Gasteiger partial charge in [-0.2, -0.15) is 0 Å². The maximum atomic E-state index is 13.9. The fraction of sp³-hybridized carbons (Fsp3) is 0.429. The second-order valence-corrected chi connectivity index (χ2v) is 13.2. The summed E-state index contributed by atoms with van der Waals surface area (Å²) < 4.78 is 13.7. The number of anilines is 2. The highest BCUT2D eigenvalue weighted by Gasteiger charge is 2.71. The summed E-state index contributed by atoms with van der Waals surface area (Å²) in [5.41, 5.74) is 4.60. The normalized spacial score (nSPS) is 37.6. The Morgan fingerprint density at radius 2 is 1.60 bits per heavy atom. The van der Waals surface area contributed by atoms with Crippen molar-refractivity contribution in [3.05, 3.63) is 95.6 Å². The summed E-state index contributed by atoms with van der Waals surface area (Å²) in [5, 5.41) is 3.27. The highest BCUT2D eigenvalue weighted by Crippen LogP contribution is 2.66. The molecule has 220 valence electrons. The van der Waals surface area contributed by atoms with Crippen molar-refractivity contribution in [3.63, 3.8) is 0 Å². The average molecular weight is 577 g/mol. The molecular formula is C35H36N4O4. The van der Waals surface area contributed by atoms with Gasteiger partial charge >= 0.3 is 0 Å². The fourth-order valence-corrected chi connectivity index (χ4v) is 10.1.